The summed E-state index contributed by atoms with van der Waals surface area (Å²) >= 11 is 0. The third-order valence-corrected chi connectivity index (χ3v) is 23.4. The summed E-state index contributed by atoms with van der Waals surface area (Å²) in [6.07, 6.45) is 0.546. The van der Waals surface area contributed by atoms with Crippen molar-refractivity contribution in [3.05, 3.63) is 112 Å². The molecule has 2 aromatic heterocycles. The second-order valence-corrected chi connectivity index (χ2v) is 29.2. The summed E-state index contributed by atoms with van der Waals surface area (Å²) in [5.74, 6) is 0.0271. The summed E-state index contributed by atoms with van der Waals surface area (Å²) < 4.78 is 30.1. The van der Waals surface area contributed by atoms with Crippen LogP contribution in [0.1, 0.15) is 97.9 Å². The van der Waals surface area contributed by atoms with Gasteiger partial charge in [0.05, 0.1) is 0 Å². The number of rotatable bonds is 19. The van der Waals surface area contributed by atoms with E-state index in [2.05, 4.69) is 55.2 Å². The first-order chi connectivity index (χ1) is 31.9. The van der Waals surface area contributed by atoms with Crippen LogP contribution in [0.3, 0.4) is 0 Å². The van der Waals surface area contributed by atoms with Gasteiger partial charge in [-0.1, -0.05) is 0 Å². The van der Waals surface area contributed by atoms with Crippen molar-refractivity contribution in [3.63, 3.8) is 0 Å². The number of aromatic amines is 1. The van der Waals surface area contributed by atoms with Crippen LogP contribution in [0.15, 0.2) is 90.0 Å². The van der Waals surface area contributed by atoms with Crippen LogP contribution in [0.2, 0.25) is 18.1 Å². The fourth-order valence-corrected chi connectivity index (χ4v) is 16.7. The van der Waals surface area contributed by atoms with E-state index in [0.717, 1.165) is 16.7 Å². The van der Waals surface area contributed by atoms with Crippen molar-refractivity contribution in [2.75, 3.05) is 32.3 Å². The van der Waals surface area contributed by atoms with Gasteiger partial charge in [-0.3, -0.25) is 0 Å². The Kier molecular flexibility index (Phi) is 15.5. The molecule has 0 bridgehead atoms. The van der Waals surface area contributed by atoms with E-state index >= 15 is 0 Å². The molecule has 0 spiro atoms. The molecule has 0 aliphatic heterocycles. The first-order valence-electron chi connectivity index (χ1n) is 23.5. The van der Waals surface area contributed by atoms with Gasteiger partial charge in [0.2, 0.25) is 0 Å². The number of nitrogens with one attached hydrogen (secondary N) is 2. The zero-order chi connectivity index (χ0) is 50.0. The number of fused-ring (bicyclic) bond motifs is 1. The van der Waals surface area contributed by atoms with Gasteiger partial charge in [-0.05, 0) is 0 Å². The standard InChI is InChI=1S/C51H72N7O8PSi/c1-33(2)47(59)55-49-54-46-43(48(60)56-49)53-32-57(46)42-30-36(44(66-68(12,13)50(7,8)9)45(42)67(61,62,29-17-28-52)58(34(3)4)35(5)6)31-65-51(37-18-15-14-16-19-37,38-20-24-40(63-10)25-21-38)39-22-26-41(64-11)27-23-39/h14-16,18-27,32-36,42,44-45,61-62H,17,29-31H2,1-13H3,(H2,54,55,56,59,60)/t36-,42-,44-,45+/m1/s1. The summed E-state index contributed by atoms with van der Waals surface area (Å²) in [6, 6.07) is 26.3. The third-order valence-electron chi connectivity index (χ3n) is 14.0. The van der Waals surface area contributed by atoms with E-state index < -0.39 is 56.3 Å². The molecule has 0 unspecified atom stereocenters. The Bertz CT molecular complexity index is 2570. The molecule has 4 N–H and O–H groups in total. The van der Waals surface area contributed by atoms with Gasteiger partial charge in [0.25, 0.3) is 0 Å². The number of nitrogens with zero attached hydrogens (tertiary/aromatic N) is 5. The molecule has 1 fully saturated rings. The monoisotopic (exact) mass is 969 g/mol. The number of amides is 1. The van der Waals surface area contributed by atoms with E-state index in [9.17, 15) is 24.6 Å². The third kappa shape index (κ3) is 10.0. The Hall–Kier alpha value is -4.98. The molecule has 0 saturated heterocycles. The van der Waals surface area contributed by atoms with Crippen molar-refractivity contribution in [1.82, 2.24) is 24.2 Å². The Balaban J connectivity index is 1.67. The average Bonchev–Trinajstić information content (AvgIpc) is 3.87. The Labute approximate surface area is 402 Å². The van der Waals surface area contributed by atoms with Crippen molar-refractivity contribution < 1.29 is 33.2 Å². The summed E-state index contributed by atoms with van der Waals surface area (Å²) in [4.78, 5) is 66.8. The molecule has 1 aliphatic carbocycles. The molecular weight excluding hydrogens is 898 g/mol. The number of anilines is 1. The molecule has 2 heterocycles. The van der Waals surface area contributed by atoms with E-state index in [4.69, 9.17) is 23.6 Å². The topological polar surface area (TPSA) is 197 Å². The number of hydrogen-bond donors (Lipinski definition) is 4. The molecule has 0 radical (unpaired) electrons. The van der Waals surface area contributed by atoms with Crippen molar-refractivity contribution >= 4 is 38.5 Å². The van der Waals surface area contributed by atoms with E-state index in [0.29, 0.717) is 11.5 Å². The number of benzene rings is 3. The molecule has 1 amide bonds. The maximum atomic E-state index is 14.0. The number of aromatic nitrogens is 4. The van der Waals surface area contributed by atoms with E-state index in [-0.39, 0.29) is 65.8 Å². The minimum absolute atomic E-state index is 0.0211. The normalized spacial score (nSPS) is 18.8. The van der Waals surface area contributed by atoms with Crippen molar-refractivity contribution in [3.8, 4) is 17.6 Å². The van der Waals surface area contributed by atoms with Gasteiger partial charge in [0.15, 0.2) is 0 Å². The number of nitriles is 1. The van der Waals surface area contributed by atoms with Crippen LogP contribution in [0, 0.1) is 23.2 Å². The molecular formula is C51H72N7O8PSi. The van der Waals surface area contributed by atoms with Crippen LogP contribution < -0.4 is 20.3 Å². The minimum atomic E-state index is -5.36. The SMILES string of the molecule is COc1ccc(C(OC[C@H]2C[C@@H](n3cnc4c(=O)[nH]c(NC(=O)C(C)C)nc43)[C@H](P(O)(O)(CCC#N)N(C(C)C)C(C)C)[C@@H]2O[Si](C)(C)C(C)(C)C)(c2ccccc2)c2ccc(OC)cc2)cc1. The fraction of sp³-hybridized carbons (Fsp3) is 0.510. The molecule has 17 heteroatoms. The van der Waals surface area contributed by atoms with E-state index in [1.54, 1.807) is 32.6 Å². The molecule has 6 rings (SSSR count). The van der Waals surface area contributed by atoms with Gasteiger partial charge >= 0.3 is 404 Å². The average molecular weight is 970 g/mol. The molecule has 1 saturated carbocycles. The zero-order valence-corrected chi connectivity index (χ0v) is 43.9. The van der Waals surface area contributed by atoms with Crippen LogP contribution in [0.25, 0.3) is 11.2 Å². The first kappa shape index (κ1) is 52.4. The zero-order valence-electron chi connectivity index (χ0n) is 42.0. The molecule has 1 aliphatic rings. The van der Waals surface area contributed by atoms with Crippen molar-refractivity contribution in [2.45, 2.75) is 129 Å². The Morgan fingerprint density at radius 2 is 1.47 bits per heavy atom. The predicted molar refractivity (Wildman–Crippen MR) is 271 cm³/mol. The fourth-order valence-electron chi connectivity index (χ4n) is 9.94. The molecule has 5 aromatic rings. The van der Waals surface area contributed by atoms with Gasteiger partial charge in [0, 0.05) is 0 Å². The van der Waals surface area contributed by atoms with E-state index in [1.807, 2.05) is 111 Å². The summed E-state index contributed by atoms with van der Waals surface area (Å²) in [6.45, 7) is 22.0. The van der Waals surface area contributed by atoms with Crippen LogP contribution in [0.4, 0.5) is 5.95 Å². The summed E-state index contributed by atoms with van der Waals surface area (Å²) in [5.41, 5.74) is -0.185. The quantitative estimate of drug-likeness (QED) is 0.0348. The van der Waals surface area contributed by atoms with E-state index in [1.165, 1.54) is 6.33 Å². The Morgan fingerprint density at radius 1 is 0.926 bits per heavy atom. The summed E-state index contributed by atoms with van der Waals surface area (Å²) in [7, 11) is -4.91. The number of carbonyl (C=O) groups is 1. The van der Waals surface area contributed by atoms with Crippen LogP contribution in [-0.2, 0) is 19.6 Å². The number of ether oxygens (including phenoxy) is 3. The number of imidazole rings is 1. The van der Waals surface area contributed by atoms with Gasteiger partial charge < -0.3 is 0 Å². The second kappa shape index (κ2) is 20.2. The van der Waals surface area contributed by atoms with Gasteiger partial charge in [-0.25, -0.2) is 0 Å². The number of carbonyl (C=O) groups excluding carboxylic acids is 1. The van der Waals surface area contributed by atoms with Crippen LogP contribution in [-0.4, -0.2) is 99.0 Å². The molecule has 4 atom stereocenters. The van der Waals surface area contributed by atoms with Crippen molar-refractivity contribution in [1.29, 1.82) is 5.26 Å². The summed E-state index contributed by atoms with van der Waals surface area (Å²) in [5, 5.41) is 12.7. The molecule has 3 aromatic carbocycles. The number of H-pyrrole nitrogens is 1. The maximum absolute atomic E-state index is 14.0. The van der Waals surface area contributed by atoms with Gasteiger partial charge in [-0.15, -0.1) is 0 Å². The first-order valence-corrected chi connectivity index (χ1v) is 28.8. The predicted octanol–water partition coefficient (Wildman–Crippen LogP) is 9.38. The van der Waals surface area contributed by atoms with Crippen LogP contribution in [0.5, 0.6) is 11.5 Å². The number of hydrogen-bond acceptors (Lipinski definition) is 12. The molecule has 15 nitrogen and oxygen atoms in total. The van der Waals surface area contributed by atoms with Gasteiger partial charge in [-0.2, -0.15) is 0 Å². The van der Waals surface area contributed by atoms with Gasteiger partial charge in [0.1, 0.15) is 0 Å². The Morgan fingerprint density at radius 3 is 1.96 bits per heavy atom. The van der Waals surface area contributed by atoms with Crippen LogP contribution >= 0.6 is 7.21 Å². The number of methoxy groups -OCH3 is 2. The molecule has 68 heavy (non-hydrogen) atoms. The second-order valence-electron chi connectivity index (χ2n) is 20.5. The molecule has 368 valence electrons. The van der Waals surface area contributed by atoms with Crippen molar-refractivity contribution in [2.24, 2.45) is 11.8 Å².